The number of nitrogens with zero attached hydrogens (tertiary/aromatic N) is 2. The van der Waals surface area contributed by atoms with Gasteiger partial charge in [-0.3, -0.25) is 4.79 Å². The Bertz CT molecular complexity index is 684. The average molecular weight is 387 g/mol. The van der Waals surface area contributed by atoms with Crippen LogP contribution in [0.5, 0.6) is 0 Å². The third-order valence-corrected chi connectivity index (χ3v) is 5.00. The molecule has 0 amide bonds. The van der Waals surface area contributed by atoms with Crippen molar-refractivity contribution in [1.29, 1.82) is 0 Å². The van der Waals surface area contributed by atoms with E-state index < -0.39 is 5.97 Å². The van der Waals surface area contributed by atoms with Gasteiger partial charge in [0.25, 0.3) is 0 Å². The second-order valence-electron chi connectivity index (χ2n) is 7.35. The van der Waals surface area contributed by atoms with Crippen LogP contribution in [-0.4, -0.2) is 22.8 Å². The van der Waals surface area contributed by atoms with Crippen LogP contribution in [0.15, 0.2) is 49.1 Å². The van der Waals surface area contributed by atoms with Crippen LogP contribution in [0.4, 0.5) is 0 Å². The number of aliphatic hydroxyl groups excluding tert-OH is 1. The Morgan fingerprint density at radius 3 is 1.54 bits per heavy atom. The zero-order valence-corrected chi connectivity index (χ0v) is 16.8. The molecule has 0 radical (unpaired) electrons. The molecule has 28 heavy (non-hydrogen) atoms. The standard InChI is InChI=1S/C23H33N2O3/c26-20-8-4-3-7-15-25-18-12-22(13-19-25)21-10-16-24(17-11-21)14-6-2-1-5-9-23(27)28/h10-13,16-19,26H,1-9,14-15,20H2/q+1/p+1. The fourth-order valence-electron chi connectivity index (χ4n) is 3.28. The molecule has 152 valence electrons. The van der Waals surface area contributed by atoms with Crippen molar-refractivity contribution in [3.05, 3.63) is 49.1 Å². The molecule has 2 N–H and O–H groups in total. The summed E-state index contributed by atoms with van der Waals surface area (Å²) in [4.78, 5) is 10.5. The average Bonchev–Trinajstić information content (AvgIpc) is 2.71. The van der Waals surface area contributed by atoms with Crippen LogP contribution in [0.3, 0.4) is 0 Å². The van der Waals surface area contributed by atoms with Crippen molar-refractivity contribution in [3.63, 3.8) is 0 Å². The van der Waals surface area contributed by atoms with E-state index in [1.165, 1.54) is 11.1 Å². The number of unbranched alkanes of at least 4 members (excludes halogenated alkanes) is 6. The summed E-state index contributed by atoms with van der Waals surface area (Å²) < 4.78 is 4.41. The molecule has 2 heterocycles. The number of hydrogen-bond acceptors (Lipinski definition) is 2. The Balaban J connectivity index is 1.72. The van der Waals surface area contributed by atoms with Gasteiger partial charge >= 0.3 is 5.97 Å². The van der Waals surface area contributed by atoms with Crippen molar-refractivity contribution in [2.24, 2.45) is 0 Å². The molecule has 0 unspecified atom stereocenters. The monoisotopic (exact) mass is 386 g/mol. The number of aryl methyl sites for hydroxylation is 2. The second kappa shape index (κ2) is 13.0. The van der Waals surface area contributed by atoms with Gasteiger partial charge in [0.15, 0.2) is 24.8 Å². The van der Waals surface area contributed by atoms with Crippen LogP contribution >= 0.6 is 0 Å². The van der Waals surface area contributed by atoms with E-state index in [1.54, 1.807) is 0 Å². The molecule has 0 spiro atoms. The predicted octanol–water partition coefficient (Wildman–Crippen LogP) is 3.52. The lowest BCUT2D eigenvalue weighted by atomic mass is 10.1. The van der Waals surface area contributed by atoms with E-state index in [0.29, 0.717) is 6.61 Å². The van der Waals surface area contributed by atoms with Gasteiger partial charge in [-0.1, -0.05) is 12.8 Å². The summed E-state index contributed by atoms with van der Waals surface area (Å²) in [7, 11) is 0. The van der Waals surface area contributed by atoms with Gasteiger partial charge in [0.05, 0.1) is 0 Å². The Morgan fingerprint density at radius 1 is 0.679 bits per heavy atom. The molecule has 0 aliphatic rings. The highest BCUT2D eigenvalue weighted by atomic mass is 16.4. The Morgan fingerprint density at radius 2 is 1.11 bits per heavy atom. The highest BCUT2D eigenvalue weighted by molar-refractivity contribution is 5.66. The summed E-state index contributed by atoms with van der Waals surface area (Å²) >= 11 is 0. The van der Waals surface area contributed by atoms with E-state index in [4.69, 9.17) is 10.2 Å². The molecule has 0 saturated carbocycles. The van der Waals surface area contributed by atoms with Crippen LogP contribution in [0.2, 0.25) is 0 Å². The first-order chi connectivity index (χ1) is 13.7. The molecule has 2 aromatic rings. The van der Waals surface area contributed by atoms with Crippen molar-refractivity contribution in [3.8, 4) is 11.1 Å². The summed E-state index contributed by atoms with van der Waals surface area (Å²) in [6.07, 6.45) is 17.0. The van der Waals surface area contributed by atoms with Crippen molar-refractivity contribution < 1.29 is 24.1 Å². The smallest absolute Gasteiger partial charge is 0.303 e. The maximum atomic E-state index is 10.5. The Kier molecular flexibility index (Phi) is 10.2. The molecule has 0 atom stereocenters. The molecule has 0 aliphatic carbocycles. The number of aliphatic hydroxyl groups is 1. The molecule has 5 heteroatoms. The number of hydrogen-bond donors (Lipinski definition) is 2. The van der Waals surface area contributed by atoms with Gasteiger partial charge in [-0.05, 0) is 36.8 Å². The molecular formula is C23H34N2O3+2. The molecule has 0 aromatic carbocycles. The van der Waals surface area contributed by atoms with Gasteiger partial charge in [0.2, 0.25) is 0 Å². The van der Waals surface area contributed by atoms with E-state index in [2.05, 4.69) is 58.2 Å². The lowest BCUT2D eigenvalue weighted by molar-refractivity contribution is -0.697. The predicted molar refractivity (Wildman–Crippen MR) is 109 cm³/mol. The number of carboxylic acid groups (broad SMARTS) is 1. The fourth-order valence-corrected chi connectivity index (χ4v) is 3.28. The minimum atomic E-state index is -0.700. The summed E-state index contributed by atoms with van der Waals surface area (Å²) in [5, 5.41) is 17.4. The second-order valence-corrected chi connectivity index (χ2v) is 7.35. The van der Waals surface area contributed by atoms with Crippen LogP contribution in [0, 0.1) is 0 Å². The molecule has 5 nitrogen and oxygen atoms in total. The number of aromatic nitrogens is 2. The minimum Gasteiger partial charge on any atom is -0.481 e. The summed E-state index contributed by atoms with van der Waals surface area (Å²) in [6, 6.07) is 8.63. The van der Waals surface area contributed by atoms with Gasteiger partial charge in [-0.2, -0.15) is 0 Å². The van der Waals surface area contributed by atoms with Gasteiger partial charge in [0, 0.05) is 50.1 Å². The zero-order chi connectivity index (χ0) is 20.0. The number of aliphatic carboxylic acids is 1. The Hall–Kier alpha value is -2.27. The van der Waals surface area contributed by atoms with Gasteiger partial charge in [-0.15, -0.1) is 0 Å². The lowest BCUT2D eigenvalue weighted by Gasteiger charge is -2.02. The molecule has 0 bridgehead atoms. The third kappa shape index (κ3) is 8.61. The first-order valence-corrected chi connectivity index (χ1v) is 10.5. The van der Waals surface area contributed by atoms with Gasteiger partial charge in [-0.25, -0.2) is 9.13 Å². The van der Waals surface area contributed by atoms with E-state index in [0.717, 1.165) is 64.5 Å². The van der Waals surface area contributed by atoms with Gasteiger partial charge in [0.1, 0.15) is 13.1 Å². The lowest BCUT2D eigenvalue weighted by Crippen LogP contribution is -2.33. The fraction of sp³-hybridized carbons (Fsp3) is 0.522. The van der Waals surface area contributed by atoms with E-state index in [9.17, 15) is 4.79 Å². The first kappa shape index (κ1) is 22.0. The topological polar surface area (TPSA) is 65.3 Å². The largest absolute Gasteiger partial charge is 0.481 e. The van der Waals surface area contributed by atoms with Crippen LogP contribution in [-0.2, 0) is 17.9 Å². The van der Waals surface area contributed by atoms with Crippen molar-refractivity contribution in [1.82, 2.24) is 0 Å². The van der Waals surface area contributed by atoms with Crippen LogP contribution < -0.4 is 9.13 Å². The summed E-state index contributed by atoms with van der Waals surface area (Å²) in [6.45, 7) is 2.29. The highest BCUT2D eigenvalue weighted by Crippen LogP contribution is 2.15. The maximum absolute atomic E-state index is 10.5. The molecule has 0 saturated heterocycles. The molecule has 2 rings (SSSR count). The van der Waals surface area contributed by atoms with Crippen LogP contribution in [0.1, 0.15) is 57.8 Å². The van der Waals surface area contributed by atoms with Crippen LogP contribution in [0.25, 0.3) is 11.1 Å². The number of pyridine rings is 2. The molecular weight excluding hydrogens is 352 g/mol. The van der Waals surface area contributed by atoms with E-state index in [-0.39, 0.29) is 6.42 Å². The molecule has 0 aliphatic heterocycles. The first-order valence-electron chi connectivity index (χ1n) is 10.5. The third-order valence-electron chi connectivity index (χ3n) is 5.00. The SMILES string of the molecule is O=C(O)CCCCCC[n+]1ccc(-c2cc[n+](CCCCCCO)cc2)cc1. The number of rotatable bonds is 14. The van der Waals surface area contributed by atoms with Gasteiger partial charge < -0.3 is 10.2 Å². The molecule has 2 aromatic heterocycles. The number of carboxylic acids is 1. The highest BCUT2D eigenvalue weighted by Gasteiger charge is 2.06. The minimum absolute atomic E-state index is 0.280. The van der Waals surface area contributed by atoms with Crippen molar-refractivity contribution >= 4 is 5.97 Å². The van der Waals surface area contributed by atoms with Crippen molar-refractivity contribution in [2.45, 2.75) is 70.9 Å². The van der Waals surface area contributed by atoms with E-state index >= 15 is 0 Å². The van der Waals surface area contributed by atoms with E-state index in [1.807, 2.05) is 0 Å². The van der Waals surface area contributed by atoms with Crippen molar-refractivity contribution in [2.75, 3.05) is 6.61 Å². The number of carbonyl (C=O) groups is 1. The summed E-state index contributed by atoms with van der Waals surface area (Å²) in [5.41, 5.74) is 2.44. The summed E-state index contributed by atoms with van der Waals surface area (Å²) in [5.74, 6) is -0.700. The maximum Gasteiger partial charge on any atom is 0.303 e. The zero-order valence-electron chi connectivity index (χ0n) is 16.8. The normalized spacial score (nSPS) is 10.9. The Labute approximate surface area is 168 Å². The quantitative estimate of drug-likeness (QED) is 0.386. The molecule has 0 fully saturated rings.